The van der Waals surface area contributed by atoms with E-state index in [4.69, 9.17) is 10.2 Å². The van der Waals surface area contributed by atoms with Crippen molar-refractivity contribution in [1.29, 1.82) is 0 Å². The molecule has 0 aliphatic rings. The van der Waals surface area contributed by atoms with E-state index in [9.17, 15) is 4.79 Å². The SMILES string of the molecule is O=C(O)[C@H](Cc1c[nH]cn1)NCO. The van der Waals surface area contributed by atoms with Crippen LogP contribution in [0.25, 0.3) is 0 Å². The number of carboxylic acids is 1. The van der Waals surface area contributed by atoms with Gasteiger partial charge in [0.1, 0.15) is 6.04 Å². The molecule has 0 bridgehead atoms. The number of hydrogen-bond donors (Lipinski definition) is 4. The summed E-state index contributed by atoms with van der Waals surface area (Å²) in [5.74, 6) is -1.00. The third kappa shape index (κ3) is 2.85. The van der Waals surface area contributed by atoms with Crippen LogP contribution in [0.4, 0.5) is 0 Å². The molecule has 0 unspecified atom stereocenters. The highest BCUT2D eigenvalue weighted by atomic mass is 16.4. The van der Waals surface area contributed by atoms with E-state index < -0.39 is 12.0 Å². The Hall–Kier alpha value is -1.40. The second-order valence-electron chi connectivity index (χ2n) is 2.52. The van der Waals surface area contributed by atoms with E-state index in [1.54, 1.807) is 6.20 Å². The lowest BCUT2D eigenvalue weighted by atomic mass is 10.2. The van der Waals surface area contributed by atoms with E-state index in [0.717, 1.165) is 0 Å². The van der Waals surface area contributed by atoms with Gasteiger partial charge >= 0.3 is 5.97 Å². The number of aromatic amines is 1. The molecule has 72 valence electrons. The summed E-state index contributed by atoms with van der Waals surface area (Å²) >= 11 is 0. The van der Waals surface area contributed by atoms with Crippen molar-refractivity contribution in [3.8, 4) is 0 Å². The Bertz CT molecular complexity index is 260. The number of rotatable bonds is 5. The highest BCUT2D eigenvalue weighted by Crippen LogP contribution is 1.97. The van der Waals surface area contributed by atoms with E-state index in [2.05, 4.69) is 15.3 Å². The third-order valence-corrected chi connectivity index (χ3v) is 1.60. The summed E-state index contributed by atoms with van der Waals surface area (Å²) in [6.45, 7) is -0.360. The summed E-state index contributed by atoms with van der Waals surface area (Å²) in [5.41, 5.74) is 0.647. The normalized spacial score (nSPS) is 12.7. The number of carbonyl (C=O) groups is 1. The summed E-state index contributed by atoms with van der Waals surface area (Å²) in [6.07, 6.45) is 3.35. The molecule has 1 rings (SSSR count). The molecule has 0 radical (unpaired) electrons. The van der Waals surface area contributed by atoms with Crippen LogP contribution in [-0.4, -0.2) is 38.9 Å². The van der Waals surface area contributed by atoms with Crippen molar-refractivity contribution in [3.63, 3.8) is 0 Å². The molecule has 1 heterocycles. The number of aliphatic hydroxyl groups excluding tert-OH is 1. The Morgan fingerprint density at radius 2 is 2.54 bits per heavy atom. The van der Waals surface area contributed by atoms with Gasteiger partial charge in [0.2, 0.25) is 0 Å². The zero-order valence-electron chi connectivity index (χ0n) is 6.90. The van der Waals surface area contributed by atoms with Gasteiger partial charge in [0.25, 0.3) is 0 Å². The van der Waals surface area contributed by atoms with Crippen molar-refractivity contribution in [2.45, 2.75) is 12.5 Å². The zero-order chi connectivity index (χ0) is 9.68. The van der Waals surface area contributed by atoms with E-state index >= 15 is 0 Å². The maximum absolute atomic E-state index is 10.6. The number of H-pyrrole nitrogens is 1. The van der Waals surface area contributed by atoms with Gasteiger partial charge in [-0.25, -0.2) is 4.98 Å². The molecular formula is C7H11N3O3. The lowest BCUT2D eigenvalue weighted by molar-refractivity contribution is -0.139. The predicted molar refractivity (Wildman–Crippen MR) is 43.9 cm³/mol. The molecule has 0 aromatic carbocycles. The maximum Gasteiger partial charge on any atom is 0.321 e. The van der Waals surface area contributed by atoms with Crippen LogP contribution in [0.1, 0.15) is 5.69 Å². The fourth-order valence-electron chi connectivity index (χ4n) is 0.969. The summed E-state index contributed by atoms with van der Waals surface area (Å²) in [6, 6.07) is -0.798. The number of nitrogens with zero attached hydrogens (tertiary/aromatic N) is 1. The van der Waals surface area contributed by atoms with E-state index in [-0.39, 0.29) is 13.2 Å². The van der Waals surface area contributed by atoms with Crippen molar-refractivity contribution in [3.05, 3.63) is 18.2 Å². The minimum atomic E-state index is -1.00. The number of nitrogens with one attached hydrogen (secondary N) is 2. The van der Waals surface area contributed by atoms with Crippen molar-refractivity contribution >= 4 is 5.97 Å². The molecule has 0 amide bonds. The topological polar surface area (TPSA) is 98.2 Å². The van der Waals surface area contributed by atoms with E-state index in [0.29, 0.717) is 5.69 Å². The largest absolute Gasteiger partial charge is 0.480 e. The predicted octanol–water partition coefficient (Wildman–Crippen LogP) is -1.06. The summed E-state index contributed by atoms with van der Waals surface area (Å²) in [4.78, 5) is 17.2. The number of aliphatic carboxylic acids is 1. The molecular weight excluding hydrogens is 174 g/mol. The van der Waals surface area contributed by atoms with Crippen LogP contribution in [0.2, 0.25) is 0 Å². The Labute approximate surface area is 74.6 Å². The summed E-state index contributed by atoms with van der Waals surface area (Å²) in [5, 5.41) is 19.6. The number of hydrogen-bond acceptors (Lipinski definition) is 4. The maximum atomic E-state index is 10.6. The molecule has 4 N–H and O–H groups in total. The fourth-order valence-corrected chi connectivity index (χ4v) is 0.969. The fraction of sp³-hybridized carbons (Fsp3) is 0.429. The van der Waals surface area contributed by atoms with E-state index in [1.165, 1.54) is 6.33 Å². The number of aliphatic hydroxyl groups is 1. The first-order valence-electron chi connectivity index (χ1n) is 3.78. The van der Waals surface area contributed by atoms with Crippen molar-refractivity contribution in [2.75, 3.05) is 6.73 Å². The van der Waals surface area contributed by atoms with Crippen LogP contribution in [-0.2, 0) is 11.2 Å². The standard InChI is InChI=1S/C7H11N3O3/c11-4-10-6(7(12)13)1-5-2-8-3-9-5/h2-3,6,10-11H,1,4H2,(H,8,9)(H,12,13)/t6-/m0/s1. The van der Waals surface area contributed by atoms with Gasteiger partial charge in [0.15, 0.2) is 0 Å². The van der Waals surface area contributed by atoms with E-state index in [1.807, 2.05) is 0 Å². The summed E-state index contributed by atoms with van der Waals surface area (Å²) < 4.78 is 0. The first-order valence-corrected chi connectivity index (χ1v) is 3.78. The Morgan fingerprint density at radius 1 is 1.77 bits per heavy atom. The van der Waals surface area contributed by atoms with Crippen LogP contribution in [0, 0.1) is 0 Å². The molecule has 0 aliphatic heterocycles. The van der Waals surface area contributed by atoms with Gasteiger partial charge in [0.05, 0.1) is 18.8 Å². The minimum Gasteiger partial charge on any atom is -0.480 e. The van der Waals surface area contributed by atoms with Gasteiger partial charge < -0.3 is 15.2 Å². The monoisotopic (exact) mass is 185 g/mol. The van der Waals surface area contributed by atoms with Gasteiger partial charge in [-0.1, -0.05) is 0 Å². The second kappa shape index (κ2) is 4.58. The number of imidazole rings is 1. The number of aromatic nitrogens is 2. The summed E-state index contributed by atoms with van der Waals surface area (Å²) in [7, 11) is 0. The molecule has 1 atom stereocenters. The second-order valence-corrected chi connectivity index (χ2v) is 2.52. The average Bonchev–Trinajstić information content (AvgIpc) is 2.56. The Morgan fingerprint density at radius 3 is 3.00 bits per heavy atom. The van der Waals surface area contributed by atoms with Gasteiger partial charge in [-0.2, -0.15) is 0 Å². The van der Waals surface area contributed by atoms with Gasteiger partial charge in [0, 0.05) is 12.6 Å². The smallest absolute Gasteiger partial charge is 0.321 e. The molecule has 6 nitrogen and oxygen atoms in total. The molecule has 0 spiro atoms. The highest BCUT2D eigenvalue weighted by molar-refractivity contribution is 5.73. The molecule has 0 saturated heterocycles. The van der Waals surface area contributed by atoms with Crippen LogP contribution >= 0.6 is 0 Å². The minimum absolute atomic E-state index is 0.249. The lowest BCUT2D eigenvalue weighted by Gasteiger charge is -2.10. The molecule has 1 aromatic rings. The van der Waals surface area contributed by atoms with Gasteiger partial charge in [-0.05, 0) is 0 Å². The highest BCUT2D eigenvalue weighted by Gasteiger charge is 2.17. The average molecular weight is 185 g/mol. The number of carboxylic acid groups (broad SMARTS) is 1. The molecule has 6 heteroatoms. The third-order valence-electron chi connectivity index (χ3n) is 1.60. The quantitative estimate of drug-likeness (QED) is 0.438. The molecule has 13 heavy (non-hydrogen) atoms. The van der Waals surface area contributed by atoms with Crippen molar-refractivity contribution in [1.82, 2.24) is 15.3 Å². The lowest BCUT2D eigenvalue weighted by Crippen LogP contribution is -2.39. The molecule has 1 aromatic heterocycles. The molecule has 0 fully saturated rings. The molecule has 0 aliphatic carbocycles. The van der Waals surface area contributed by atoms with Crippen molar-refractivity contribution < 1.29 is 15.0 Å². The zero-order valence-corrected chi connectivity index (χ0v) is 6.90. The van der Waals surface area contributed by atoms with Gasteiger partial charge in [-0.3, -0.25) is 10.1 Å². The van der Waals surface area contributed by atoms with Crippen LogP contribution in [0.3, 0.4) is 0 Å². The van der Waals surface area contributed by atoms with Crippen molar-refractivity contribution in [2.24, 2.45) is 0 Å². The van der Waals surface area contributed by atoms with Gasteiger partial charge in [-0.15, -0.1) is 0 Å². The van der Waals surface area contributed by atoms with Crippen LogP contribution in [0.5, 0.6) is 0 Å². The van der Waals surface area contributed by atoms with Crippen LogP contribution < -0.4 is 5.32 Å². The first kappa shape index (κ1) is 9.69. The Kier molecular flexibility index (Phi) is 3.41. The first-order chi connectivity index (χ1) is 6.24. The molecule has 0 saturated carbocycles. The Balaban J connectivity index is 2.52. The van der Waals surface area contributed by atoms with Crippen LogP contribution in [0.15, 0.2) is 12.5 Å².